The van der Waals surface area contributed by atoms with Crippen molar-refractivity contribution in [1.82, 2.24) is 4.90 Å². The highest BCUT2D eigenvalue weighted by molar-refractivity contribution is 9.10. The molecule has 1 fully saturated rings. The molecule has 1 aliphatic heterocycles. The monoisotopic (exact) mass is 327 g/mol. The zero-order valence-corrected chi connectivity index (χ0v) is 12.7. The molecule has 1 heterocycles. The average Bonchev–Trinajstić information content (AvgIpc) is 2.41. The van der Waals surface area contributed by atoms with Crippen LogP contribution in [-0.4, -0.2) is 42.2 Å². The molecular weight excluding hydrogens is 310 g/mol. The van der Waals surface area contributed by atoms with Crippen molar-refractivity contribution in [3.63, 3.8) is 0 Å². The molecule has 1 saturated heterocycles. The smallest absolute Gasteiger partial charge is 0.257 e. The number of hydrogen-bond donors (Lipinski definition) is 1. The number of methoxy groups -OCH3 is 1. The molecule has 0 spiro atoms. The molecule has 1 aliphatic rings. The van der Waals surface area contributed by atoms with Crippen LogP contribution in [-0.2, 0) is 4.74 Å². The second-order valence-electron chi connectivity index (χ2n) is 4.95. The number of carbonyl (C=O) groups is 1. The Morgan fingerprint density at radius 3 is 2.95 bits per heavy atom. The number of ether oxygens (including phenoxy) is 1. The van der Waals surface area contributed by atoms with Crippen LogP contribution in [0.1, 0.15) is 23.7 Å². The summed E-state index contributed by atoms with van der Waals surface area (Å²) in [4.78, 5) is 14.2. The minimum Gasteiger partial charge on any atom is -0.507 e. The van der Waals surface area contributed by atoms with E-state index in [9.17, 15) is 9.90 Å². The summed E-state index contributed by atoms with van der Waals surface area (Å²) in [7, 11) is 1.67. The third kappa shape index (κ3) is 3.09. The van der Waals surface area contributed by atoms with Gasteiger partial charge in [0.1, 0.15) is 5.75 Å². The van der Waals surface area contributed by atoms with Crippen molar-refractivity contribution in [3.05, 3.63) is 28.2 Å². The average molecular weight is 328 g/mol. The summed E-state index contributed by atoms with van der Waals surface area (Å²) in [5, 5.41) is 9.81. The van der Waals surface area contributed by atoms with E-state index in [1.54, 1.807) is 24.1 Å². The predicted molar refractivity (Wildman–Crippen MR) is 76.3 cm³/mol. The van der Waals surface area contributed by atoms with Crippen LogP contribution in [0.25, 0.3) is 0 Å². The Labute approximate surface area is 121 Å². The van der Waals surface area contributed by atoms with Crippen molar-refractivity contribution in [3.8, 4) is 5.75 Å². The number of piperidine rings is 1. The van der Waals surface area contributed by atoms with E-state index in [4.69, 9.17) is 4.74 Å². The number of likely N-dealkylation sites (tertiary alicyclic amines) is 1. The molecule has 2 rings (SSSR count). The van der Waals surface area contributed by atoms with Crippen molar-refractivity contribution in [2.45, 2.75) is 19.4 Å². The molecule has 0 bridgehead atoms. The van der Waals surface area contributed by atoms with Gasteiger partial charge in [0.25, 0.3) is 5.91 Å². The Kier molecular flexibility index (Phi) is 4.47. The van der Waals surface area contributed by atoms with Crippen molar-refractivity contribution in [2.75, 3.05) is 20.2 Å². The summed E-state index contributed by atoms with van der Waals surface area (Å²) >= 11 is 3.32. The first-order valence-electron chi connectivity index (χ1n) is 6.33. The standard InChI is InChI=1S/C14H18BrNO3/c1-9-5-6-16(8-13(9)19-2)14(18)11-7-10(15)3-4-12(11)17/h3-4,7,9,13,17H,5-6,8H2,1-2H3. The minimum atomic E-state index is -0.146. The van der Waals surface area contributed by atoms with Gasteiger partial charge >= 0.3 is 0 Å². The Morgan fingerprint density at radius 2 is 2.26 bits per heavy atom. The number of benzene rings is 1. The first-order chi connectivity index (χ1) is 9.02. The van der Waals surface area contributed by atoms with E-state index in [0.29, 0.717) is 24.6 Å². The number of carbonyl (C=O) groups excluding carboxylic acids is 1. The molecule has 5 heteroatoms. The van der Waals surface area contributed by atoms with Crippen LogP contribution in [0.4, 0.5) is 0 Å². The van der Waals surface area contributed by atoms with Crippen LogP contribution in [0.3, 0.4) is 0 Å². The van der Waals surface area contributed by atoms with Gasteiger partial charge in [0, 0.05) is 24.7 Å². The summed E-state index contributed by atoms with van der Waals surface area (Å²) in [6, 6.07) is 4.89. The Hall–Kier alpha value is -1.07. The van der Waals surface area contributed by atoms with Crippen molar-refractivity contribution in [2.24, 2.45) is 5.92 Å². The van der Waals surface area contributed by atoms with Gasteiger partial charge in [0.2, 0.25) is 0 Å². The van der Waals surface area contributed by atoms with Gasteiger partial charge in [-0.05, 0) is 30.5 Å². The number of rotatable bonds is 2. The van der Waals surface area contributed by atoms with Crippen molar-refractivity contribution >= 4 is 21.8 Å². The Balaban J connectivity index is 2.18. The van der Waals surface area contributed by atoms with E-state index in [1.807, 2.05) is 0 Å². The molecule has 1 aromatic carbocycles. The lowest BCUT2D eigenvalue weighted by atomic mass is 9.95. The molecule has 2 unspecified atom stereocenters. The maximum Gasteiger partial charge on any atom is 0.257 e. The van der Waals surface area contributed by atoms with Crippen molar-refractivity contribution < 1.29 is 14.6 Å². The van der Waals surface area contributed by atoms with E-state index in [-0.39, 0.29) is 17.8 Å². The van der Waals surface area contributed by atoms with Gasteiger partial charge < -0.3 is 14.7 Å². The van der Waals surface area contributed by atoms with E-state index >= 15 is 0 Å². The summed E-state index contributed by atoms with van der Waals surface area (Å²) in [6.07, 6.45) is 0.978. The fourth-order valence-electron chi connectivity index (χ4n) is 2.38. The molecule has 1 N–H and O–H groups in total. The van der Waals surface area contributed by atoms with Gasteiger partial charge in [-0.15, -0.1) is 0 Å². The molecule has 2 atom stereocenters. The lowest BCUT2D eigenvalue weighted by Crippen LogP contribution is -2.46. The SMILES string of the molecule is COC1CN(C(=O)c2cc(Br)ccc2O)CCC1C. The van der Waals surface area contributed by atoms with Gasteiger partial charge in [0.05, 0.1) is 11.7 Å². The van der Waals surface area contributed by atoms with Gasteiger partial charge in [-0.25, -0.2) is 0 Å². The van der Waals surface area contributed by atoms with E-state index in [0.717, 1.165) is 10.9 Å². The highest BCUT2D eigenvalue weighted by atomic mass is 79.9. The largest absolute Gasteiger partial charge is 0.507 e. The molecule has 0 aliphatic carbocycles. The number of nitrogens with zero attached hydrogens (tertiary/aromatic N) is 1. The fourth-order valence-corrected chi connectivity index (χ4v) is 2.74. The van der Waals surface area contributed by atoms with Gasteiger partial charge in [0.15, 0.2) is 0 Å². The summed E-state index contributed by atoms with van der Waals surface area (Å²) < 4.78 is 6.19. The summed E-state index contributed by atoms with van der Waals surface area (Å²) in [5.41, 5.74) is 0.332. The Bertz CT molecular complexity index is 478. The third-order valence-electron chi connectivity index (χ3n) is 3.67. The lowest BCUT2D eigenvalue weighted by molar-refractivity contribution is -0.00166. The molecule has 1 amide bonds. The molecule has 4 nitrogen and oxygen atoms in total. The number of hydrogen-bond acceptors (Lipinski definition) is 3. The molecule has 104 valence electrons. The molecule has 1 aromatic rings. The van der Waals surface area contributed by atoms with Crippen LogP contribution >= 0.6 is 15.9 Å². The molecule has 0 saturated carbocycles. The second kappa shape index (κ2) is 5.92. The first-order valence-corrected chi connectivity index (χ1v) is 7.12. The third-order valence-corrected chi connectivity index (χ3v) is 4.16. The highest BCUT2D eigenvalue weighted by Crippen LogP contribution is 2.26. The van der Waals surface area contributed by atoms with Crippen LogP contribution in [0.15, 0.2) is 22.7 Å². The number of aromatic hydroxyl groups is 1. The van der Waals surface area contributed by atoms with E-state index in [1.165, 1.54) is 6.07 Å². The van der Waals surface area contributed by atoms with E-state index in [2.05, 4.69) is 22.9 Å². The maximum absolute atomic E-state index is 12.4. The maximum atomic E-state index is 12.4. The zero-order valence-electron chi connectivity index (χ0n) is 11.1. The Morgan fingerprint density at radius 1 is 1.53 bits per heavy atom. The topological polar surface area (TPSA) is 49.8 Å². The highest BCUT2D eigenvalue weighted by Gasteiger charge is 2.30. The number of phenolic OH excluding ortho intramolecular Hbond substituents is 1. The molecule has 19 heavy (non-hydrogen) atoms. The van der Waals surface area contributed by atoms with Crippen LogP contribution in [0, 0.1) is 5.92 Å². The van der Waals surface area contributed by atoms with Crippen LogP contribution < -0.4 is 0 Å². The fraction of sp³-hybridized carbons (Fsp3) is 0.500. The van der Waals surface area contributed by atoms with Crippen LogP contribution in [0.2, 0.25) is 0 Å². The summed E-state index contributed by atoms with van der Waals surface area (Å²) in [6.45, 7) is 3.40. The molecule has 0 radical (unpaired) electrons. The van der Waals surface area contributed by atoms with Gasteiger partial charge in [-0.2, -0.15) is 0 Å². The minimum absolute atomic E-state index is 0.0146. The molecular formula is C14H18BrNO3. The van der Waals surface area contributed by atoms with Crippen molar-refractivity contribution in [1.29, 1.82) is 0 Å². The number of phenols is 1. The van der Waals surface area contributed by atoms with Crippen LogP contribution in [0.5, 0.6) is 5.75 Å². The summed E-state index contributed by atoms with van der Waals surface area (Å²) in [5.74, 6) is 0.318. The van der Waals surface area contributed by atoms with E-state index < -0.39 is 0 Å². The lowest BCUT2D eigenvalue weighted by Gasteiger charge is -2.36. The van der Waals surface area contributed by atoms with Gasteiger partial charge in [-0.3, -0.25) is 4.79 Å². The quantitative estimate of drug-likeness (QED) is 0.908. The second-order valence-corrected chi connectivity index (χ2v) is 5.87. The predicted octanol–water partition coefficient (Wildman–Crippen LogP) is 2.65. The number of amides is 1. The zero-order chi connectivity index (χ0) is 14.0. The first kappa shape index (κ1) is 14.3. The normalized spacial score (nSPS) is 23.4. The number of halogens is 1. The molecule has 0 aromatic heterocycles. The van der Waals surface area contributed by atoms with Gasteiger partial charge in [-0.1, -0.05) is 22.9 Å².